The predicted molar refractivity (Wildman–Crippen MR) is 261 cm³/mol. The zero-order valence-corrected chi connectivity index (χ0v) is 40.7. The summed E-state index contributed by atoms with van der Waals surface area (Å²) in [7, 11) is 0. The van der Waals surface area contributed by atoms with E-state index >= 15 is 0 Å². The second kappa shape index (κ2) is 50.3. The van der Waals surface area contributed by atoms with E-state index in [2.05, 4.69) is 57.2 Å². The van der Waals surface area contributed by atoms with E-state index in [1.165, 1.54) is 161 Å². The highest BCUT2D eigenvalue weighted by Gasteiger charge is 2.19. The van der Waals surface area contributed by atoms with Gasteiger partial charge in [-0.1, -0.05) is 224 Å². The third kappa shape index (κ3) is 48.5. The number of allylic oxidation sites excluding steroid dienone is 6. The van der Waals surface area contributed by atoms with E-state index in [0.29, 0.717) is 19.3 Å². The number of rotatable bonds is 48. The molecule has 0 aromatic rings. The predicted octanol–water partition coefficient (Wildman–Crippen LogP) is 17.3. The Morgan fingerprint density at radius 2 is 0.590 bits per heavy atom. The van der Waals surface area contributed by atoms with Crippen molar-refractivity contribution in [2.75, 3.05) is 13.2 Å². The Morgan fingerprint density at radius 1 is 0.328 bits per heavy atom. The van der Waals surface area contributed by atoms with Crippen molar-refractivity contribution in [3.63, 3.8) is 0 Å². The third-order valence-electron chi connectivity index (χ3n) is 11.6. The molecule has 0 heterocycles. The molecule has 0 bridgehead atoms. The van der Waals surface area contributed by atoms with E-state index < -0.39 is 6.10 Å². The lowest BCUT2D eigenvalue weighted by molar-refractivity contribution is -0.167. The van der Waals surface area contributed by atoms with Crippen LogP contribution in [0.2, 0.25) is 0 Å². The molecular weight excluding hydrogens is 757 g/mol. The molecule has 0 rings (SSSR count). The fourth-order valence-electron chi connectivity index (χ4n) is 7.60. The summed E-state index contributed by atoms with van der Waals surface area (Å²) in [6, 6.07) is 0. The smallest absolute Gasteiger partial charge is 0.306 e. The Labute approximate surface area is 378 Å². The number of carbonyl (C=O) groups excluding carboxylic acids is 3. The fraction of sp³-hybridized carbons (Fsp3) is 0.836. The average Bonchev–Trinajstić information content (AvgIpc) is 3.26. The molecule has 0 N–H and O–H groups in total. The van der Waals surface area contributed by atoms with E-state index in [0.717, 1.165) is 77.0 Å². The molecule has 0 radical (unpaired) electrons. The van der Waals surface area contributed by atoms with Crippen LogP contribution in [0.5, 0.6) is 0 Å². The third-order valence-corrected chi connectivity index (χ3v) is 11.6. The molecule has 356 valence electrons. The second-order valence-corrected chi connectivity index (χ2v) is 17.8. The van der Waals surface area contributed by atoms with Crippen molar-refractivity contribution in [2.24, 2.45) is 0 Å². The highest BCUT2D eigenvalue weighted by Crippen LogP contribution is 2.15. The van der Waals surface area contributed by atoms with Gasteiger partial charge < -0.3 is 14.2 Å². The van der Waals surface area contributed by atoms with Crippen LogP contribution in [0, 0.1) is 0 Å². The van der Waals surface area contributed by atoms with Gasteiger partial charge in [0.15, 0.2) is 6.10 Å². The summed E-state index contributed by atoms with van der Waals surface area (Å²) in [6.07, 6.45) is 58.4. The number of hydrogen-bond donors (Lipinski definition) is 0. The van der Waals surface area contributed by atoms with E-state index in [1.807, 2.05) is 0 Å². The standard InChI is InChI=1S/C55H100O6/c1-4-7-10-13-16-19-22-24-26-27-28-30-31-33-36-39-42-45-48-54(57)60-51-52(50-59-53(56)47-44-41-38-35-21-18-15-12-9-6-3)61-55(58)49-46-43-40-37-34-32-29-25-23-20-17-14-11-8-5-2/h20,23,26-28,30,52H,4-19,21-22,24-25,29,31-51H2,1-3H3/b23-20-,27-26-,30-28-. The Balaban J connectivity index is 4.35. The van der Waals surface area contributed by atoms with Crippen LogP contribution < -0.4 is 0 Å². The minimum absolute atomic E-state index is 0.0763. The largest absolute Gasteiger partial charge is 0.462 e. The number of carbonyl (C=O) groups is 3. The summed E-state index contributed by atoms with van der Waals surface area (Å²) >= 11 is 0. The normalized spacial score (nSPS) is 12.2. The lowest BCUT2D eigenvalue weighted by Gasteiger charge is -2.18. The second-order valence-electron chi connectivity index (χ2n) is 17.8. The molecule has 1 unspecified atom stereocenters. The minimum atomic E-state index is -0.776. The fourth-order valence-corrected chi connectivity index (χ4v) is 7.60. The monoisotopic (exact) mass is 857 g/mol. The molecule has 1 atom stereocenters. The van der Waals surface area contributed by atoms with Crippen LogP contribution in [-0.4, -0.2) is 37.2 Å². The van der Waals surface area contributed by atoms with Gasteiger partial charge in [0.1, 0.15) is 13.2 Å². The Bertz CT molecular complexity index is 1030. The van der Waals surface area contributed by atoms with E-state index in [4.69, 9.17) is 14.2 Å². The molecule has 0 saturated heterocycles. The zero-order valence-electron chi connectivity index (χ0n) is 40.7. The first-order valence-corrected chi connectivity index (χ1v) is 26.5. The highest BCUT2D eigenvalue weighted by molar-refractivity contribution is 5.71. The number of esters is 3. The molecule has 61 heavy (non-hydrogen) atoms. The quantitative estimate of drug-likeness (QED) is 0.0199. The maximum absolute atomic E-state index is 12.8. The van der Waals surface area contributed by atoms with Crippen LogP contribution in [0.1, 0.15) is 278 Å². The van der Waals surface area contributed by atoms with Crippen molar-refractivity contribution >= 4 is 17.9 Å². The van der Waals surface area contributed by atoms with Gasteiger partial charge in [-0.05, 0) is 70.6 Å². The Morgan fingerprint density at radius 3 is 0.934 bits per heavy atom. The summed E-state index contributed by atoms with van der Waals surface area (Å²) in [5, 5.41) is 0. The van der Waals surface area contributed by atoms with Crippen molar-refractivity contribution in [1.29, 1.82) is 0 Å². The summed E-state index contributed by atoms with van der Waals surface area (Å²) in [6.45, 7) is 6.61. The molecule has 0 aliphatic rings. The lowest BCUT2D eigenvalue weighted by Crippen LogP contribution is -2.30. The summed E-state index contributed by atoms with van der Waals surface area (Å²) < 4.78 is 16.8. The van der Waals surface area contributed by atoms with Crippen LogP contribution >= 0.6 is 0 Å². The van der Waals surface area contributed by atoms with Gasteiger partial charge in [0.25, 0.3) is 0 Å². The molecule has 6 nitrogen and oxygen atoms in total. The van der Waals surface area contributed by atoms with Crippen molar-refractivity contribution in [2.45, 2.75) is 284 Å². The van der Waals surface area contributed by atoms with E-state index in [-0.39, 0.29) is 31.1 Å². The topological polar surface area (TPSA) is 78.9 Å². The van der Waals surface area contributed by atoms with Crippen LogP contribution in [0.25, 0.3) is 0 Å². The van der Waals surface area contributed by atoms with Gasteiger partial charge in [-0.2, -0.15) is 0 Å². The molecule has 0 saturated carbocycles. The SMILES string of the molecule is CCCCCC/C=C\CCCCCCCCCC(=O)OC(COC(=O)CCCCCCC/C=C\C=C/CCCCCCCCC)COC(=O)CCCCCCCCCCCC. The van der Waals surface area contributed by atoms with Crippen molar-refractivity contribution in [3.05, 3.63) is 36.5 Å². The van der Waals surface area contributed by atoms with Crippen LogP contribution in [0.4, 0.5) is 0 Å². The molecule has 0 aliphatic carbocycles. The van der Waals surface area contributed by atoms with Crippen LogP contribution in [0.15, 0.2) is 36.5 Å². The molecule has 0 aromatic heterocycles. The van der Waals surface area contributed by atoms with Gasteiger partial charge in [-0.15, -0.1) is 0 Å². The molecular formula is C55H100O6. The van der Waals surface area contributed by atoms with E-state index in [9.17, 15) is 14.4 Å². The lowest BCUT2D eigenvalue weighted by atomic mass is 10.1. The van der Waals surface area contributed by atoms with Crippen LogP contribution in [0.3, 0.4) is 0 Å². The average molecular weight is 857 g/mol. The molecule has 0 spiro atoms. The first-order valence-electron chi connectivity index (χ1n) is 26.5. The van der Waals surface area contributed by atoms with Gasteiger partial charge in [0, 0.05) is 19.3 Å². The van der Waals surface area contributed by atoms with Crippen LogP contribution in [-0.2, 0) is 28.6 Å². The van der Waals surface area contributed by atoms with Crippen molar-refractivity contribution in [1.82, 2.24) is 0 Å². The highest BCUT2D eigenvalue weighted by atomic mass is 16.6. The molecule has 0 aromatic carbocycles. The number of ether oxygens (including phenoxy) is 3. The number of unbranched alkanes of at least 4 members (excludes halogenated alkanes) is 32. The van der Waals surface area contributed by atoms with Gasteiger partial charge in [-0.25, -0.2) is 0 Å². The van der Waals surface area contributed by atoms with Crippen molar-refractivity contribution < 1.29 is 28.6 Å². The minimum Gasteiger partial charge on any atom is -0.462 e. The maximum atomic E-state index is 12.8. The van der Waals surface area contributed by atoms with Gasteiger partial charge in [0.05, 0.1) is 0 Å². The number of hydrogen-bond acceptors (Lipinski definition) is 6. The first-order chi connectivity index (χ1) is 30.0. The van der Waals surface area contributed by atoms with E-state index in [1.54, 1.807) is 0 Å². The van der Waals surface area contributed by atoms with Gasteiger partial charge >= 0.3 is 17.9 Å². The molecule has 0 aliphatic heterocycles. The Hall–Kier alpha value is -2.37. The summed E-state index contributed by atoms with van der Waals surface area (Å²) in [5.74, 6) is -0.888. The summed E-state index contributed by atoms with van der Waals surface area (Å²) in [4.78, 5) is 37.9. The zero-order chi connectivity index (χ0) is 44.4. The molecule has 0 fully saturated rings. The molecule has 6 heteroatoms. The van der Waals surface area contributed by atoms with Gasteiger partial charge in [-0.3, -0.25) is 14.4 Å². The Kier molecular flexibility index (Phi) is 48.3. The van der Waals surface area contributed by atoms with Gasteiger partial charge in [0.2, 0.25) is 0 Å². The first kappa shape index (κ1) is 58.6. The van der Waals surface area contributed by atoms with Crippen molar-refractivity contribution in [3.8, 4) is 0 Å². The molecule has 0 amide bonds. The summed E-state index contributed by atoms with van der Waals surface area (Å²) in [5.41, 5.74) is 0. The maximum Gasteiger partial charge on any atom is 0.306 e.